The Hall–Kier alpha value is 1.05. The van der Waals surface area contributed by atoms with Crippen LogP contribution in [-0.4, -0.2) is 14.7 Å². The van der Waals surface area contributed by atoms with Crippen LogP contribution in [0.3, 0.4) is 0 Å². The smallest absolute Gasteiger partial charge is 0.319 e. The molecule has 0 saturated heterocycles. The zero-order chi connectivity index (χ0) is 4.50. The van der Waals surface area contributed by atoms with Crippen LogP contribution in [0.1, 0.15) is 0 Å². The minimum atomic E-state index is -3.81. The Balaban J connectivity index is 0. The average Bonchev–Trinajstić information content (AvgIpc) is 0.722. The Morgan fingerprint density at radius 2 is 1.17 bits per heavy atom. The average molecular weight is 178 g/mol. The molecule has 0 atom stereocenters. The van der Waals surface area contributed by atoms with Crippen molar-refractivity contribution in [2.75, 3.05) is 0 Å². The van der Waals surface area contributed by atoms with E-state index in [1.165, 1.54) is 0 Å². The van der Waals surface area contributed by atoms with Crippen molar-refractivity contribution in [1.82, 2.24) is 0 Å². The molecule has 0 saturated carbocycles. The number of hydrogen-bond acceptors (Lipinski definition) is 1. The Labute approximate surface area is 50.7 Å². The van der Waals surface area contributed by atoms with E-state index in [9.17, 15) is 0 Å². The van der Waals surface area contributed by atoms with Gasteiger partial charge in [-0.15, -0.1) is 0 Å². The van der Waals surface area contributed by atoms with Crippen molar-refractivity contribution in [2.24, 2.45) is 0 Å². The van der Waals surface area contributed by atoms with Crippen LogP contribution in [0.4, 0.5) is 0 Å². The maximum atomic E-state index is 7.56. The molecule has 3 nitrogen and oxygen atoms in total. The van der Waals surface area contributed by atoms with Crippen LogP contribution in [-0.2, 0) is 28.9 Å². The molecule has 0 aliphatic heterocycles. The van der Waals surface area contributed by atoms with Crippen LogP contribution >= 0.6 is 6.72 Å². The Morgan fingerprint density at radius 1 is 1.17 bits per heavy atom. The first kappa shape index (κ1) is 10.1. The molecule has 6 heteroatoms. The predicted molar refractivity (Wildman–Crippen MR) is 20.9 cm³/mol. The van der Waals surface area contributed by atoms with Gasteiger partial charge >= 0.3 is 6.72 Å². The van der Waals surface area contributed by atoms with Crippen molar-refractivity contribution in [3.8, 4) is 0 Å². The summed E-state index contributed by atoms with van der Waals surface area (Å²) in [6.45, 7) is -3.81. The molecule has 0 unspecified atom stereocenters. The van der Waals surface area contributed by atoms with Gasteiger partial charge in [0.05, 0.1) is 0 Å². The van der Waals surface area contributed by atoms with Gasteiger partial charge in [-0.3, -0.25) is 0 Å². The van der Waals surface area contributed by atoms with Crippen molar-refractivity contribution in [2.45, 2.75) is 0 Å². The largest absolute Gasteiger partial charge is 0.325 e. The van der Waals surface area contributed by atoms with Crippen LogP contribution < -0.4 is 0 Å². The van der Waals surface area contributed by atoms with Crippen LogP contribution in [0.15, 0.2) is 0 Å². The maximum Gasteiger partial charge on any atom is 0.319 e. The molecule has 0 aliphatic rings. The third kappa shape index (κ3) is 75.2. The second-order valence-electron chi connectivity index (χ2n) is 0.513. The van der Waals surface area contributed by atoms with Crippen LogP contribution in [0.5, 0.6) is 0 Å². The van der Waals surface area contributed by atoms with Gasteiger partial charge in [0.1, 0.15) is 0 Å². The first-order valence-electron chi connectivity index (χ1n) is 0.783. The monoisotopic (exact) mass is 177 g/mol. The summed E-state index contributed by atoms with van der Waals surface area (Å²) in [5.41, 5.74) is 0. The summed E-state index contributed by atoms with van der Waals surface area (Å²) >= 11 is 3.60. The van der Waals surface area contributed by atoms with E-state index >= 15 is 0 Å². The van der Waals surface area contributed by atoms with Gasteiger partial charge in [-0.2, -0.15) is 0 Å². The summed E-state index contributed by atoms with van der Waals surface area (Å²) in [7, 11) is 0. The van der Waals surface area contributed by atoms with E-state index in [4.69, 9.17) is 14.7 Å². The molecule has 0 fully saturated rings. The molecule has 6 heavy (non-hydrogen) atoms. The minimum absolute atomic E-state index is 0. The van der Waals surface area contributed by atoms with Gasteiger partial charge in [0.15, 0.2) is 0 Å². The molecule has 0 aromatic heterocycles. The van der Waals surface area contributed by atoms with E-state index in [2.05, 4.69) is 11.8 Å². The fourth-order valence-corrected chi connectivity index (χ4v) is 0. The van der Waals surface area contributed by atoms with Crippen LogP contribution in [0.25, 0.3) is 0 Å². The van der Waals surface area contributed by atoms with E-state index in [1.54, 1.807) is 0 Å². The SMILES string of the molecule is OP(O)(O)=S.[Cu]. The van der Waals surface area contributed by atoms with Crippen LogP contribution in [0, 0.1) is 0 Å². The molecular weight excluding hydrogens is 175 g/mol. The molecular formula is H3CuO3PS. The first-order valence-corrected chi connectivity index (χ1v) is 3.44. The molecule has 0 rings (SSSR count). The minimum Gasteiger partial charge on any atom is -0.325 e. The third-order valence-corrected chi connectivity index (χ3v) is 0. The summed E-state index contributed by atoms with van der Waals surface area (Å²) < 4.78 is 0. The molecule has 0 aromatic carbocycles. The summed E-state index contributed by atoms with van der Waals surface area (Å²) in [6.07, 6.45) is 0. The van der Waals surface area contributed by atoms with Crippen molar-refractivity contribution in [1.29, 1.82) is 0 Å². The number of hydrogen-bond donors (Lipinski definition) is 3. The van der Waals surface area contributed by atoms with Gasteiger partial charge in [-0.1, -0.05) is 0 Å². The summed E-state index contributed by atoms with van der Waals surface area (Å²) in [6, 6.07) is 0. The van der Waals surface area contributed by atoms with E-state index in [0.29, 0.717) is 0 Å². The van der Waals surface area contributed by atoms with Crippen molar-refractivity contribution in [3.63, 3.8) is 0 Å². The molecule has 0 aromatic rings. The second-order valence-corrected chi connectivity index (χ2v) is 3.01. The van der Waals surface area contributed by atoms with Gasteiger partial charge in [-0.05, 0) is 11.8 Å². The molecule has 1 radical (unpaired) electrons. The zero-order valence-corrected chi connectivity index (χ0v) is 5.15. The molecule has 43 valence electrons. The topological polar surface area (TPSA) is 60.7 Å². The fourth-order valence-electron chi connectivity index (χ4n) is 0. The standard InChI is InChI=1S/Cu.H3O3PS/c;1-4(2,3)5/h;(H3,1,2,3,5). The molecule has 0 spiro atoms. The third-order valence-electron chi connectivity index (χ3n) is 0. The number of rotatable bonds is 0. The summed E-state index contributed by atoms with van der Waals surface area (Å²) in [5, 5.41) is 0. The zero-order valence-electron chi connectivity index (χ0n) is 2.50. The molecule has 0 heterocycles. The maximum absolute atomic E-state index is 7.56. The van der Waals surface area contributed by atoms with Crippen molar-refractivity contribution in [3.05, 3.63) is 0 Å². The van der Waals surface area contributed by atoms with Crippen molar-refractivity contribution < 1.29 is 31.7 Å². The van der Waals surface area contributed by atoms with E-state index in [0.717, 1.165) is 0 Å². The Kier molecular flexibility index (Phi) is 5.23. The first-order chi connectivity index (χ1) is 2.00. The molecule has 0 bridgehead atoms. The van der Waals surface area contributed by atoms with E-state index < -0.39 is 6.72 Å². The van der Waals surface area contributed by atoms with Gasteiger partial charge in [-0.25, -0.2) is 0 Å². The molecule has 3 N–H and O–H groups in total. The van der Waals surface area contributed by atoms with E-state index in [1.807, 2.05) is 0 Å². The van der Waals surface area contributed by atoms with Gasteiger partial charge in [0, 0.05) is 17.1 Å². The summed E-state index contributed by atoms with van der Waals surface area (Å²) in [5.74, 6) is 0. The second kappa shape index (κ2) is 3.10. The molecule has 0 aliphatic carbocycles. The fraction of sp³-hybridized carbons (Fsp3) is 0. The Morgan fingerprint density at radius 3 is 1.17 bits per heavy atom. The van der Waals surface area contributed by atoms with Crippen molar-refractivity contribution >= 4 is 18.5 Å². The normalized spacial score (nSPS) is 9.83. The quantitative estimate of drug-likeness (QED) is 0.335. The van der Waals surface area contributed by atoms with Gasteiger partial charge in [0.2, 0.25) is 0 Å². The predicted octanol–water partition coefficient (Wildman–Crippen LogP) is -0.815. The van der Waals surface area contributed by atoms with E-state index in [-0.39, 0.29) is 17.1 Å². The summed E-state index contributed by atoms with van der Waals surface area (Å²) in [4.78, 5) is 22.7. The molecule has 0 amide bonds. The van der Waals surface area contributed by atoms with Gasteiger partial charge in [0.25, 0.3) is 0 Å². The van der Waals surface area contributed by atoms with Crippen LogP contribution in [0.2, 0.25) is 0 Å². The Bertz CT molecular complexity index is 56.9. The van der Waals surface area contributed by atoms with Gasteiger partial charge < -0.3 is 14.7 Å².